The van der Waals surface area contributed by atoms with Crippen molar-refractivity contribution in [2.24, 2.45) is 5.73 Å². The number of nitrogens with two attached hydrogens (primary N) is 1. The van der Waals surface area contributed by atoms with Gasteiger partial charge in [0.15, 0.2) is 0 Å². The lowest BCUT2D eigenvalue weighted by atomic mass is 10.2. The summed E-state index contributed by atoms with van der Waals surface area (Å²) in [6, 6.07) is 11.1. The summed E-state index contributed by atoms with van der Waals surface area (Å²) in [6.07, 6.45) is 3.57. The Labute approximate surface area is 116 Å². The van der Waals surface area contributed by atoms with Crippen LogP contribution in [0.4, 0.5) is 5.69 Å². The standard InChI is InChI=1S/C14H15N3OS/c1-19-13-5-3-2-4-12(13)17-14(18)10-6-7-16-11(8-10)9-15/h2-8H,9,15H2,1H3,(H,17,18). The smallest absolute Gasteiger partial charge is 0.255 e. The highest BCUT2D eigenvalue weighted by Gasteiger charge is 2.09. The van der Waals surface area contributed by atoms with Gasteiger partial charge >= 0.3 is 0 Å². The van der Waals surface area contributed by atoms with Gasteiger partial charge in [-0.1, -0.05) is 12.1 Å². The maximum absolute atomic E-state index is 12.2. The predicted molar refractivity (Wildman–Crippen MR) is 78.3 cm³/mol. The van der Waals surface area contributed by atoms with E-state index in [2.05, 4.69) is 10.3 Å². The van der Waals surface area contributed by atoms with Gasteiger partial charge in [0.2, 0.25) is 0 Å². The van der Waals surface area contributed by atoms with Gasteiger partial charge in [-0.3, -0.25) is 9.78 Å². The van der Waals surface area contributed by atoms with Crippen molar-refractivity contribution >= 4 is 23.4 Å². The molecule has 19 heavy (non-hydrogen) atoms. The zero-order valence-electron chi connectivity index (χ0n) is 10.6. The van der Waals surface area contributed by atoms with Crippen LogP contribution in [-0.4, -0.2) is 17.1 Å². The first kappa shape index (κ1) is 13.6. The molecule has 0 radical (unpaired) electrons. The molecule has 0 aliphatic rings. The van der Waals surface area contributed by atoms with Crippen LogP contribution in [0.5, 0.6) is 0 Å². The minimum absolute atomic E-state index is 0.154. The van der Waals surface area contributed by atoms with Crippen LogP contribution in [0.2, 0.25) is 0 Å². The summed E-state index contributed by atoms with van der Waals surface area (Å²) >= 11 is 1.59. The number of thioether (sulfide) groups is 1. The zero-order valence-corrected chi connectivity index (χ0v) is 11.4. The van der Waals surface area contributed by atoms with E-state index in [0.717, 1.165) is 10.6 Å². The van der Waals surface area contributed by atoms with E-state index in [0.29, 0.717) is 17.8 Å². The van der Waals surface area contributed by atoms with Crippen molar-refractivity contribution in [1.82, 2.24) is 4.98 Å². The van der Waals surface area contributed by atoms with Crippen LogP contribution in [-0.2, 0) is 6.54 Å². The second-order valence-electron chi connectivity index (χ2n) is 3.89. The van der Waals surface area contributed by atoms with Gasteiger partial charge in [-0.2, -0.15) is 0 Å². The lowest BCUT2D eigenvalue weighted by Gasteiger charge is -2.09. The van der Waals surface area contributed by atoms with Crippen molar-refractivity contribution in [1.29, 1.82) is 0 Å². The number of amides is 1. The number of carbonyl (C=O) groups is 1. The summed E-state index contributed by atoms with van der Waals surface area (Å²) in [5.41, 5.74) is 7.59. The SMILES string of the molecule is CSc1ccccc1NC(=O)c1ccnc(CN)c1. The highest BCUT2D eigenvalue weighted by Crippen LogP contribution is 2.25. The third-order valence-corrected chi connectivity index (χ3v) is 3.44. The Bertz CT molecular complexity index is 586. The molecule has 1 amide bonds. The number of hydrogen-bond donors (Lipinski definition) is 2. The number of rotatable bonds is 4. The Balaban J connectivity index is 2.20. The lowest BCUT2D eigenvalue weighted by Crippen LogP contribution is -2.13. The molecule has 0 unspecified atom stereocenters. The van der Waals surface area contributed by atoms with E-state index in [1.807, 2.05) is 30.5 Å². The molecule has 2 aromatic rings. The normalized spacial score (nSPS) is 10.2. The molecule has 1 aromatic carbocycles. The summed E-state index contributed by atoms with van der Waals surface area (Å²) in [4.78, 5) is 17.3. The molecule has 0 atom stereocenters. The number of nitrogens with zero attached hydrogens (tertiary/aromatic N) is 1. The Hall–Kier alpha value is -1.85. The molecule has 1 heterocycles. The van der Waals surface area contributed by atoms with E-state index in [9.17, 15) is 4.79 Å². The number of aromatic nitrogens is 1. The van der Waals surface area contributed by atoms with Gasteiger partial charge in [0, 0.05) is 23.2 Å². The molecule has 0 spiro atoms. The van der Waals surface area contributed by atoms with Gasteiger partial charge in [0.05, 0.1) is 11.4 Å². The topological polar surface area (TPSA) is 68.0 Å². The highest BCUT2D eigenvalue weighted by molar-refractivity contribution is 7.98. The predicted octanol–water partition coefficient (Wildman–Crippen LogP) is 2.51. The average Bonchev–Trinajstić information content (AvgIpc) is 2.47. The molecule has 0 saturated heterocycles. The maximum Gasteiger partial charge on any atom is 0.255 e. The average molecular weight is 273 g/mol. The largest absolute Gasteiger partial charge is 0.325 e. The summed E-state index contributed by atoms with van der Waals surface area (Å²) in [5.74, 6) is -0.154. The quantitative estimate of drug-likeness (QED) is 0.840. The maximum atomic E-state index is 12.2. The molecule has 4 nitrogen and oxygen atoms in total. The van der Waals surface area contributed by atoms with Crippen LogP contribution in [0.15, 0.2) is 47.5 Å². The number of carbonyl (C=O) groups excluding carboxylic acids is 1. The Morgan fingerprint density at radius 1 is 1.37 bits per heavy atom. The highest BCUT2D eigenvalue weighted by atomic mass is 32.2. The third kappa shape index (κ3) is 3.33. The molecule has 98 valence electrons. The minimum Gasteiger partial charge on any atom is -0.325 e. The summed E-state index contributed by atoms with van der Waals surface area (Å²) in [5, 5.41) is 2.90. The van der Waals surface area contributed by atoms with Crippen molar-refractivity contribution in [3.8, 4) is 0 Å². The molecule has 0 aliphatic carbocycles. The Kier molecular flexibility index (Phi) is 4.54. The fourth-order valence-corrected chi connectivity index (χ4v) is 2.23. The zero-order chi connectivity index (χ0) is 13.7. The Morgan fingerprint density at radius 2 is 2.16 bits per heavy atom. The van der Waals surface area contributed by atoms with Gasteiger partial charge in [-0.05, 0) is 30.5 Å². The number of benzene rings is 1. The van der Waals surface area contributed by atoms with Gasteiger partial charge in [-0.15, -0.1) is 11.8 Å². The second-order valence-corrected chi connectivity index (χ2v) is 4.74. The molecular formula is C14H15N3OS. The monoisotopic (exact) mass is 273 g/mol. The number of anilines is 1. The number of pyridine rings is 1. The fraction of sp³-hybridized carbons (Fsp3) is 0.143. The van der Waals surface area contributed by atoms with Crippen molar-refractivity contribution in [2.45, 2.75) is 11.4 Å². The van der Waals surface area contributed by atoms with E-state index in [-0.39, 0.29) is 5.91 Å². The minimum atomic E-state index is -0.154. The van der Waals surface area contributed by atoms with Crippen LogP contribution in [0, 0.1) is 0 Å². The van der Waals surface area contributed by atoms with Gasteiger partial charge in [0.25, 0.3) is 5.91 Å². The van der Waals surface area contributed by atoms with E-state index in [4.69, 9.17) is 5.73 Å². The van der Waals surface area contributed by atoms with Gasteiger partial charge in [-0.25, -0.2) is 0 Å². The first-order valence-electron chi connectivity index (χ1n) is 5.84. The molecule has 2 rings (SSSR count). The number of para-hydroxylation sites is 1. The molecule has 1 aromatic heterocycles. The van der Waals surface area contributed by atoms with Gasteiger partial charge < -0.3 is 11.1 Å². The van der Waals surface area contributed by atoms with Crippen molar-refractivity contribution < 1.29 is 4.79 Å². The first-order chi connectivity index (χ1) is 9.24. The van der Waals surface area contributed by atoms with E-state index >= 15 is 0 Å². The second kappa shape index (κ2) is 6.36. The number of hydrogen-bond acceptors (Lipinski definition) is 4. The van der Waals surface area contributed by atoms with Crippen LogP contribution in [0.25, 0.3) is 0 Å². The van der Waals surface area contributed by atoms with E-state index in [1.165, 1.54) is 0 Å². The van der Waals surface area contributed by atoms with Gasteiger partial charge in [0.1, 0.15) is 0 Å². The molecule has 0 saturated carbocycles. The summed E-state index contributed by atoms with van der Waals surface area (Å²) < 4.78 is 0. The van der Waals surface area contributed by atoms with Crippen molar-refractivity contribution in [2.75, 3.05) is 11.6 Å². The fourth-order valence-electron chi connectivity index (χ4n) is 1.67. The van der Waals surface area contributed by atoms with Crippen LogP contribution < -0.4 is 11.1 Å². The number of nitrogens with one attached hydrogen (secondary N) is 1. The molecule has 0 aliphatic heterocycles. The third-order valence-electron chi connectivity index (χ3n) is 2.64. The van der Waals surface area contributed by atoms with Crippen LogP contribution in [0.3, 0.4) is 0 Å². The lowest BCUT2D eigenvalue weighted by molar-refractivity contribution is 0.102. The van der Waals surface area contributed by atoms with Crippen LogP contribution in [0.1, 0.15) is 16.1 Å². The molecular weight excluding hydrogens is 258 g/mol. The Morgan fingerprint density at radius 3 is 2.89 bits per heavy atom. The summed E-state index contributed by atoms with van der Waals surface area (Å²) in [7, 11) is 0. The molecule has 0 fully saturated rings. The van der Waals surface area contributed by atoms with E-state index in [1.54, 1.807) is 30.1 Å². The molecule has 3 N–H and O–H groups in total. The van der Waals surface area contributed by atoms with Crippen molar-refractivity contribution in [3.05, 3.63) is 53.9 Å². The first-order valence-corrected chi connectivity index (χ1v) is 7.06. The van der Waals surface area contributed by atoms with Crippen molar-refractivity contribution in [3.63, 3.8) is 0 Å². The van der Waals surface area contributed by atoms with E-state index < -0.39 is 0 Å². The molecule has 5 heteroatoms. The molecule has 0 bridgehead atoms. The summed E-state index contributed by atoms with van der Waals surface area (Å²) in [6.45, 7) is 0.322. The van der Waals surface area contributed by atoms with Crippen LogP contribution >= 0.6 is 11.8 Å².